The zero-order chi connectivity index (χ0) is 16.1. The molecule has 4 rings (SSSR count). The van der Waals surface area contributed by atoms with Gasteiger partial charge in [0.1, 0.15) is 10.7 Å². The molecule has 118 valence electrons. The lowest BCUT2D eigenvalue weighted by molar-refractivity contribution is -0.131. The van der Waals surface area contributed by atoms with Gasteiger partial charge in [0, 0.05) is 11.0 Å². The zero-order valence-electron chi connectivity index (χ0n) is 12.9. The predicted octanol–water partition coefficient (Wildman–Crippen LogP) is 2.87. The van der Waals surface area contributed by atoms with Crippen molar-refractivity contribution in [3.05, 3.63) is 28.2 Å². The third-order valence-corrected chi connectivity index (χ3v) is 5.47. The molecule has 0 spiro atoms. The normalized spacial score (nSPS) is 18.1. The number of hydrogen-bond acceptors (Lipinski definition) is 5. The molecule has 23 heavy (non-hydrogen) atoms. The molecule has 0 radical (unpaired) electrons. The van der Waals surface area contributed by atoms with Gasteiger partial charge in [-0.1, -0.05) is 6.92 Å². The number of fused-ring (bicyclic) bond motifs is 5. The monoisotopic (exact) mass is 328 g/mol. The van der Waals surface area contributed by atoms with Crippen LogP contribution in [-0.2, 0) is 17.6 Å². The molecule has 0 aliphatic heterocycles. The van der Waals surface area contributed by atoms with E-state index in [0.29, 0.717) is 11.7 Å². The zero-order valence-corrected chi connectivity index (χ0v) is 13.7. The second kappa shape index (κ2) is 5.13. The summed E-state index contributed by atoms with van der Waals surface area (Å²) in [5.41, 5.74) is 2.13. The van der Waals surface area contributed by atoms with Crippen molar-refractivity contribution < 1.29 is 9.90 Å². The van der Waals surface area contributed by atoms with Crippen molar-refractivity contribution in [3.8, 4) is 0 Å². The van der Waals surface area contributed by atoms with Crippen LogP contribution in [0.1, 0.15) is 35.4 Å². The number of thiophene rings is 1. The highest BCUT2D eigenvalue weighted by Gasteiger charge is 2.24. The smallest absolute Gasteiger partial charge is 0.328 e. The Bertz CT molecular complexity index is 970. The summed E-state index contributed by atoms with van der Waals surface area (Å²) in [6.07, 6.45) is 5.84. The third-order valence-electron chi connectivity index (χ3n) is 4.28. The quantitative estimate of drug-likeness (QED) is 0.732. The molecule has 3 aromatic heterocycles. The fraction of sp³-hybridized carbons (Fsp3) is 0.375. The molecule has 0 aromatic carbocycles. The van der Waals surface area contributed by atoms with Crippen molar-refractivity contribution in [1.82, 2.24) is 19.6 Å². The minimum absolute atomic E-state index is 0.397. The highest BCUT2D eigenvalue weighted by atomic mass is 32.1. The van der Waals surface area contributed by atoms with E-state index < -0.39 is 5.97 Å². The van der Waals surface area contributed by atoms with Crippen molar-refractivity contribution in [1.29, 1.82) is 0 Å². The molecule has 1 atom stereocenters. The van der Waals surface area contributed by atoms with E-state index in [-0.39, 0.29) is 0 Å². The molecule has 7 heteroatoms. The Hall–Kier alpha value is -2.28. The van der Waals surface area contributed by atoms with E-state index in [9.17, 15) is 4.79 Å². The van der Waals surface area contributed by atoms with Crippen molar-refractivity contribution in [2.45, 2.75) is 33.1 Å². The Balaban J connectivity index is 1.99. The number of carboxylic acid groups (broad SMARTS) is 1. The largest absolute Gasteiger partial charge is 0.478 e. The Morgan fingerprint density at radius 1 is 1.43 bits per heavy atom. The molecule has 1 N–H and O–H groups in total. The number of carboxylic acids is 1. The first kappa shape index (κ1) is 14.3. The van der Waals surface area contributed by atoms with Crippen LogP contribution in [0.4, 0.5) is 0 Å². The first-order valence-corrected chi connectivity index (χ1v) is 8.43. The number of nitrogens with zero attached hydrogens (tertiary/aromatic N) is 4. The van der Waals surface area contributed by atoms with Crippen LogP contribution in [0.5, 0.6) is 0 Å². The Morgan fingerprint density at radius 3 is 3.04 bits per heavy atom. The molecular weight excluding hydrogens is 312 g/mol. The average Bonchev–Trinajstić information content (AvgIpc) is 3.06. The lowest BCUT2D eigenvalue weighted by Crippen LogP contribution is -2.09. The maximum absolute atomic E-state index is 10.7. The van der Waals surface area contributed by atoms with Crippen LogP contribution in [0.25, 0.3) is 21.9 Å². The van der Waals surface area contributed by atoms with E-state index in [4.69, 9.17) is 5.11 Å². The average molecular weight is 328 g/mol. The molecule has 3 heterocycles. The summed E-state index contributed by atoms with van der Waals surface area (Å²) in [6, 6.07) is 0. The maximum atomic E-state index is 10.7. The van der Waals surface area contributed by atoms with Crippen molar-refractivity contribution >= 4 is 39.2 Å². The highest BCUT2D eigenvalue weighted by Crippen LogP contribution is 2.38. The molecule has 1 unspecified atom stereocenters. The van der Waals surface area contributed by atoms with Crippen LogP contribution in [0.2, 0.25) is 0 Å². The summed E-state index contributed by atoms with van der Waals surface area (Å²) in [6.45, 7) is 4.17. The van der Waals surface area contributed by atoms with Crippen molar-refractivity contribution in [2.75, 3.05) is 0 Å². The maximum Gasteiger partial charge on any atom is 0.328 e. The standard InChI is InChI=1S/C16H16N4O2S/c1-8-3-4-11-10(7-8)14-15-18-12(5-6-13(21)22)19-20(15)9(2)17-16(14)23-11/h5-6,8H,3-4,7H2,1-2H3,(H,21,22). The number of aliphatic carboxylic acids is 1. The SMILES string of the molecule is Cc1nc2sc3c(c2c2nc(C=CC(=O)O)nn12)CC(C)CC3. The fourth-order valence-electron chi connectivity index (χ4n) is 3.18. The topological polar surface area (TPSA) is 80.4 Å². The summed E-state index contributed by atoms with van der Waals surface area (Å²) in [5, 5.41) is 14.2. The van der Waals surface area contributed by atoms with Gasteiger partial charge < -0.3 is 5.11 Å². The lowest BCUT2D eigenvalue weighted by atomic mass is 9.89. The van der Waals surface area contributed by atoms with E-state index in [1.165, 1.54) is 22.9 Å². The summed E-state index contributed by atoms with van der Waals surface area (Å²) < 4.78 is 1.72. The minimum atomic E-state index is -1.01. The number of aromatic nitrogens is 4. The number of rotatable bonds is 2. The molecular formula is C16H16N4O2S. The number of carbonyl (C=O) groups is 1. The van der Waals surface area contributed by atoms with Gasteiger partial charge in [-0.15, -0.1) is 16.4 Å². The van der Waals surface area contributed by atoms with Gasteiger partial charge in [0.15, 0.2) is 11.5 Å². The first-order valence-electron chi connectivity index (χ1n) is 7.61. The van der Waals surface area contributed by atoms with Crippen molar-refractivity contribution in [3.63, 3.8) is 0 Å². The van der Waals surface area contributed by atoms with Gasteiger partial charge in [0.05, 0.1) is 5.39 Å². The third kappa shape index (κ3) is 2.31. The first-order chi connectivity index (χ1) is 11.0. The minimum Gasteiger partial charge on any atom is -0.478 e. The Kier molecular flexibility index (Phi) is 3.19. The highest BCUT2D eigenvalue weighted by molar-refractivity contribution is 7.19. The van der Waals surface area contributed by atoms with Gasteiger partial charge in [0.25, 0.3) is 0 Å². The fourth-order valence-corrected chi connectivity index (χ4v) is 4.44. The van der Waals surface area contributed by atoms with Gasteiger partial charge in [-0.3, -0.25) is 0 Å². The van der Waals surface area contributed by atoms with Crippen LogP contribution < -0.4 is 0 Å². The van der Waals surface area contributed by atoms with Crippen LogP contribution in [-0.4, -0.2) is 30.7 Å². The Labute approximate surface area is 136 Å². The molecule has 0 saturated heterocycles. The van der Waals surface area contributed by atoms with Gasteiger partial charge in [0.2, 0.25) is 0 Å². The molecule has 1 aliphatic rings. The molecule has 6 nitrogen and oxygen atoms in total. The predicted molar refractivity (Wildman–Crippen MR) is 88.8 cm³/mol. The van der Waals surface area contributed by atoms with Crippen LogP contribution >= 0.6 is 11.3 Å². The molecule has 0 bridgehead atoms. The van der Waals surface area contributed by atoms with E-state index in [0.717, 1.165) is 40.6 Å². The van der Waals surface area contributed by atoms with E-state index >= 15 is 0 Å². The number of aryl methyl sites for hydroxylation is 2. The molecule has 0 amide bonds. The van der Waals surface area contributed by atoms with E-state index in [1.54, 1.807) is 15.9 Å². The van der Waals surface area contributed by atoms with Crippen LogP contribution in [0.3, 0.4) is 0 Å². The summed E-state index contributed by atoms with van der Waals surface area (Å²) in [4.78, 5) is 22.3. The van der Waals surface area contributed by atoms with E-state index in [1.807, 2.05) is 6.92 Å². The second-order valence-electron chi connectivity index (χ2n) is 6.07. The molecule has 0 fully saturated rings. The van der Waals surface area contributed by atoms with E-state index in [2.05, 4.69) is 22.0 Å². The second-order valence-corrected chi connectivity index (χ2v) is 7.15. The van der Waals surface area contributed by atoms with Crippen LogP contribution in [0.15, 0.2) is 6.08 Å². The van der Waals surface area contributed by atoms with Gasteiger partial charge in [-0.25, -0.2) is 14.8 Å². The molecule has 1 aliphatic carbocycles. The molecule has 0 saturated carbocycles. The van der Waals surface area contributed by atoms with Crippen molar-refractivity contribution in [2.24, 2.45) is 5.92 Å². The number of hydrogen-bond donors (Lipinski definition) is 1. The van der Waals surface area contributed by atoms with Gasteiger partial charge >= 0.3 is 5.97 Å². The lowest BCUT2D eigenvalue weighted by Gasteiger charge is -2.17. The summed E-state index contributed by atoms with van der Waals surface area (Å²) >= 11 is 1.75. The van der Waals surface area contributed by atoms with Gasteiger partial charge in [-0.2, -0.15) is 4.52 Å². The Morgan fingerprint density at radius 2 is 2.26 bits per heavy atom. The summed E-state index contributed by atoms with van der Waals surface area (Å²) in [5.74, 6) is 0.816. The van der Waals surface area contributed by atoms with Crippen LogP contribution in [0, 0.1) is 12.8 Å². The molecule has 3 aromatic rings. The van der Waals surface area contributed by atoms with Gasteiger partial charge in [-0.05, 0) is 43.7 Å². The summed E-state index contributed by atoms with van der Waals surface area (Å²) in [7, 11) is 0.